The summed E-state index contributed by atoms with van der Waals surface area (Å²) in [7, 11) is 0. The van der Waals surface area contributed by atoms with Crippen LogP contribution in [0.15, 0.2) is 42.5 Å². The average molecular weight is 415 g/mol. The second kappa shape index (κ2) is 7.20. The van der Waals surface area contributed by atoms with Crippen LogP contribution in [0.25, 0.3) is 11.1 Å². The summed E-state index contributed by atoms with van der Waals surface area (Å²) in [5.41, 5.74) is 0.734. The van der Waals surface area contributed by atoms with Gasteiger partial charge in [0.15, 0.2) is 0 Å². The minimum absolute atomic E-state index is 0.356. The summed E-state index contributed by atoms with van der Waals surface area (Å²) in [6.45, 7) is 5.29. The predicted molar refractivity (Wildman–Crippen MR) is 94.7 cm³/mol. The van der Waals surface area contributed by atoms with E-state index in [9.17, 15) is 18.0 Å². The molecular weight excluding hydrogens is 397 g/mol. The lowest BCUT2D eigenvalue weighted by Crippen LogP contribution is -2.25. The highest BCUT2D eigenvalue weighted by Crippen LogP contribution is 2.33. The van der Waals surface area contributed by atoms with Gasteiger partial charge in [0, 0.05) is 5.33 Å². The molecule has 6 heteroatoms. The van der Waals surface area contributed by atoms with Gasteiger partial charge in [0.1, 0.15) is 5.60 Å². The molecule has 2 rings (SSSR count). The fourth-order valence-electron chi connectivity index (χ4n) is 2.36. The van der Waals surface area contributed by atoms with Gasteiger partial charge >= 0.3 is 12.1 Å². The molecule has 25 heavy (non-hydrogen) atoms. The van der Waals surface area contributed by atoms with Crippen molar-refractivity contribution in [3.63, 3.8) is 0 Å². The molecule has 0 bridgehead atoms. The maximum atomic E-state index is 12.8. The summed E-state index contributed by atoms with van der Waals surface area (Å²) in [5, 5.41) is 0.427. The lowest BCUT2D eigenvalue weighted by molar-refractivity contribution is -0.137. The SMILES string of the molecule is CC(C)(C)OC(=O)c1c(CBr)cccc1-c1ccc(C(F)(F)F)cc1. The van der Waals surface area contributed by atoms with Gasteiger partial charge < -0.3 is 4.74 Å². The number of halogens is 4. The number of carbonyl (C=O) groups excluding carboxylic acids is 1. The van der Waals surface area contributed by atoms with Crippen LogP contribution < -0.4 is 0 Å². The zero-order chi connectivity index (χ0) is 18.8. The summed E-state index contributed by atoms with van der Waals surface area (Å²) in [6.07, 6.45) is -4.40. The standard InChI is InChI=1S/C19H18BrF3O2/c1-18(2,3)25-17(24)16-13(11-20)5-4-6-15(16)12-7-9-14(10-8-12)19(21,22)23/h4-10H,11H2,1-3H3. The third-order valence-corrected chi connectivity index (χ3v) is 4.03. The molecule has 0 aliphatic heterocycles. The number of rotatable bonds is 3. The van der Waals surface area contributed by atoms with Crippen LogP contribution in [0.1, 0.15) is 42.3 Å². The third kappa shape index (κ3) is 4.84. The summed E-state index contributed by atoms with van der Waals surface area (Å²) < 4.78 is 43.7. The second-order valence-corrected chi connectivity index (χ2v) is 7.11. The largest absolute Gasteiger partial charge is 0.456 e. The highest BCUT2D eigenvalue weighted by atomic mass is 79.9. The van der Waals surface area contributed by atoms with E-state index in [0.717, 1.165) is 12.1 Å². The minimum atomic E-state index is -4.40. The Bertz CT molecular complexity index is 760. The van der Waals surface area contributed by atoms with Crippen molar-refractivity contribution in [1.29, 1.82) is 0 Å². The summed E-state index contributed by atoms with van der Waals surface area (Å²) in [5.74, 6) is -0.502. The highest BCUT2D eigenvalue weighted by Gasteiger charge is 2.30. The molecule has 0 aliphatic rings. The summed E-state index contributed by atoms with van der Waals surface area (Å²) in [6, 6.07) is 9.99. The van der Waals surface area contributed by atoms with E-state index in [2.05, 4.69) is 15.9 Å². The molecule has 0 spiro atoms. The molecular formula is C19H18BrF3O2. The van der Waals surface area contributed by atoms with E-state index in [1.165, 1.54) is 12.1 Å². The summed E-state index contributed by atoms with van der Waals surface area (Å²) in [4.78, 5) is 12.6. The Morgan fingerprint density at radius 2 is 1.64 bits per heavy atom. The molecule has 134 valence electrons. The number of alkyl halides is 4. The van der Waals surface area contributed by atoms with E-state index in [4.69, 9.17) is 4.74 Å². The van der Waals surface area contributed by atoms with Gasteiger partial charge in [-0.05, 0) is 49.6 Å². The Balaban J connectivity index is 2.53. The van der Waals surface area contributed by atoms with Crippen molar-refractivity contribution in [2.24, 2.45) is 0 Å². The van der Waals surface area contributed by atoms with Crippen LogP contribution in [0.3, 0.4) is 0 Å². The lowest BCUT2D eigenvalue weighted by Gasteiger charge is -2.22. The van der Waals surface area contributed by atoms with Crippen molar-refractivity contribution in [3.05, 3.63) is 59.2 Å². The van der Waals surface area contributed by atoms with E-state index in [0.29, 0.717) is 27.6 Å². The van der Waals surface area contributed by atoms with Gasteiger partial charge in [0.2, 0.25) is 0 Å². The molecule has 0 heterocycles. The van der Waals surface area contributed by atoms with Crippen LogP contribution in [-0.2, 0) is 16.2 Å². The van der Waals surface area contributed by atoms with Crippen molar-refractivity contribution >= 4 is 21.9 Å². The van der Waals surface area contributed by atoms with E-state index in [1.807, 2.05) is 0 Å². The van der Waals surface area contributed by atoms with Crippen LogP contribution in [0.4, 0.5) is 13.2 Å². The fourth-order valence-corrected chi connectivity index (χ4v) is 2.83. The Morgan fingerprint density at radius 3 is 2.12 bits per heavy atom. The molecule has 0 unspecified atom stereocenters. The molecule has 0 aromatic heterocycles. The highest BCUT2D eigenvalue weighted by molar-refractivity contribution is 9.08. The molecule has 2 nitrogen and oxygen atoms in total. The van der Waals surface area contributed by atoms with E-state index >= 15 is 0 Å². The Kier molecular flexibility index (Phi) is 5.62. The van der Waals surface area contributed by atoms with Crippen molar-refractivity contribution in [2.45, 2.75) is 37.9 Å². The Hall–Kier alpha value is -1.82. The Morgan fingerprint density at radius 1 is 1.04 bits per heavy atom. The van der Waals surface area contributed by atoms with Gasteiger partial charge in [0.25, 0.3) is 0 Å². The first-order valence-electron chi connectivity index (χ1n) is 7.62. The van der Waals surface area contributed by atoms with Crippen LogP contribution in [-0.4, -0.2) is 11.6 Å². The number of hydrogen-bond acceptors (Lipinski definition) is 2. The summed E-state index contributed by atoms with van der Waals surface area (Å²) >= 11 is 3.34. The predicted octanol–water partition coefficient (Wildman–Crippen LogP) is 6.22. The van der Waals surface area contributed by atoms with Crippen molar-refractivity contribution in [1.82, 2.24) is 0 Å². The maximum absolute atomic E-state index is 12.8. The van der Waals surface area contributed by atoms with Crippen molar-refractivity contribution < 1.29 is 22.7 Å². The monoisotopic (exact) mass is 414 g/mol. The number of benzene rings is 2. The van der Waals surface area contributed by atoms with E-state index in [-0.39, 0.29) is 0 Å². The quantitative estimate of drug-likeness (QED) is 0.439. The van der Waals surface area contributed by atoms with Crippen LogP contribution in [0.5, 0.6) is 0 Å². The van der Waals surface area contributed by atoms with Gasteiger partial charge in [-0.1, -0.05) is 46.3 Å². The first-order valence-corrected chi connectivity index (χ1v) is 8.74. The molecule has 0 saturated carbocycles. The molecule has 2 aromatic rings. The van der Waals surface area contributed by atoms with E-state index in [1.54, 1.807) is 39.0 Å². The van der Waals surface area contributed by atoms with Gasteiger partial charge in [-0.3, -0.25) is 0 Å². The third-order valence-electron chi connectivity index (χ3n) is 3.42. The van der Waals surface area contributed by atoms with Crippen molar-refractivity contribution in [2.75, 3.05) is 0 Å². The van der Waals surface area contributed by atoms with Gasteiger partial charge in [0.05, 0.1) is 11.1 Å². The maximum Gasteiger partial charge on any atom is 0.416 e. The smallest absolute Gasteiger partial charge is 0.416 e. The Labute approximate surface area is 153 Å². The van der Waals surface area contributed by atoms with Crippen LogP contribution >= 0.6 is 15.9 Å². The second-order valence-electron chi connectivity index (χ2n) is 6.55. The van der Waals surface area contributed by atoms with Crippen molar-refractivity contribution in [3.8, 4) is 11.1 Å². The molecule has 0 atom stereocenters. The zero-order valence-corrected chi connectivity index (χ0v) is 15.7. The fraction of sp³-hybridized carbons (Fsp3) is 0.316. The number of ether oxygens (including phenoxy) is 1. The number of hydrogen-bond donors (Lipinski definition) is 0. The molecule has 0 saturated heterocycles. The number of esters is 1. The van der Waals surface area contributed by atoms with Gasteiger partial charge in [-0.2, -0.15) is 13.2 Å². The average Bonchev–Trinajstić information content (AvgIpc) is 2.51. The first-order chi connectivity index (χ1) is 11.5. The van der Waals surface area contributed by atoms with Gasteiger partial charge in [-0.15, -0.1) is 0 Å². The zero-order valence-electron chi connectivity index (χ0n) is 14.1. The molecule has 0 aliphatic carbocycles. The molecule has 0 amide bonds. The number of carbonyl (C=O) groups is 1. The van der Waals surface area contributed by atoms with E-state index < -0.39 is 23.3 Å². The van der Waals surface area contributed by atoms with Gasteiger partial charge in [-0.25, -0.2) is 4.79 Å². The lowest BCUT2D eigenvalue weighted by atomic mass is 9.95. The minimum Gasteiger partial charge on any atom is -0.456 e. The molecule has 0 radical (unpaired) electrons. The molecule has 0 N–H and O–H groups in total. The molecule has 2 aromatic carbocycles. The first kappa shape index (κ1) is 19.5. The topological polar surface area (TPSA) is 26.3 Å². The van der Waals surface area contributed by atoms with Crippen LogP contribution in [0, 0.1) is 0 Å². The normalized spacial score (nSPS) is 12.1. The van der Waals surface area contributed by atoms with Crippen LogP contribution in [0.2, 0.25) is 0 Å². The molecule has 0 fully saturated rings.